The molecule has 0 aliphatic heterocycles. The van der Waals surface area contributed by atoms with Gasteiger partial charge in [-0.2, -0.15) is 4.98 Å². The molecule has 1 aromatic heterocycles. The minimum Gasteiger partial charge on any atom is -0.497 e. The van der Waals surface area contributed by atoms with Crippen molar-refractivity contribution in [1.29, 1.82) is 0 Å². The summed E-state index contributed by atoms with van der Waals surface area (Å²) >= 11 is 0. The number of hydrogen-bond acceptors (Lipinski definition) is 6. The second-order valence-corrected chi connectivity index (χ2v) is 9.32. The van der Waals surface area contributed by atoms with E-state index < -0.39 is 0 Å². The Morgan fingerprint density at radius 1 is 1.11 bits per heavy atom. The van der Waals surface area contributed by atoms with Gasteiger partial charge in [0.25, 0.3) is 0 Å². The largest absolute Gasteiger partial charge is 0.497 e. The summed E-state index contributed by atoms with van der Waals surface area (Å²) in [7, 11) is 1.65. The number of amides is 1. The van der Waals surface area contributed by atoms with E-state index in [-0.39, 0.29) is 29.9 Å². The van der Waals surface area contributed by atoms with Crippen molar-refractivity contribution in [2.24, 2.45) is 16.5 Å². The number of hydrogen-bond donors (Lipinski definition) is 4. The molecule has 9 nitrogen and oxygen atoms in total. The van der Waals surface area contributed by atoms with Gasteiger partial charge in [-0.25, -0.2) is 9.98 Å². The first-order chi connectivity index (χ1) is 17.4. The highest BCUT2D eigenvalue weighted by atomic mass is 16.5. The fourth-order valence-electron chi connectivity index (χ4n) is 4.64. The Hall–Kier alpha value is -3.88. The predicted octanol–water partition coefficient (Wildman–Crippen LogP) is 3.90. The van der Waals surface area contributed by atoms with Crippen LogP contribution in [-0.4, -0.2) is 41.0 Å². The summed E-state index contributed by atoms with van der Waals surface area (Å²) < 4.78 is 5.19. The van der Waals surface area contributed by atoms with Crippen LogP contribution >= 0.6 is 0 Å². The zero-order chi connectivity index (χ0) is 25.5. The van der Waals surface area contributed by atoms with E-state index in [0.29, 0.717) is 12.2 Å². The summed E-state index contributed by atoms with van der Waals surface area (Å²) in [4.78, 5) is 26.4. The molecule has 0 radical (unpaired) electrons. The molecule has 3 aromatic rings. The molecule has 190 valence electrons. The second-order valence-electron chi connectivity index (χ2n) is 9.32. The lowest BCUT2D eigenvalue weighted by Gasteiger charge is -2.30. The molecule has 1 aliphatic rings. The van der Waals surface area contributed by atoms with E-state index in [1.165, 1.54) is 0 Å². The molecular formula is C27H35N7O2. The number of methoxy groups -OCH3 is 1. The molecule has 36 heavy (non-hydrogen) atoms. The van der Waals surface area contributed by atoms with Crippen molar-refractivity contribution in [3.63, 3.8) is 0 Å². The predicted molar refractivity (Wildman–Crippen MR) is 144 cm³/mol. The lowest BCUT2D eigenvalue weighted by Crippen LogP contribution is -2.38. The van der Waals surface area contributed by atoms with Crippen LogP contribution in [-0.2, 0) is 11.2 Å². The molecule has 4 rings (SSSR count). The van der Waals surface area contributed by atoms with Crippen molar-refractivity contribution < 1.29 is 9.53 Å². The minimum absolute atomic E-state index is 0.0189. The number of ether oxygens (including phenoxy) is 1. The SMILES string of the molecule is COc1ccc(CCCC(=O)Nc2nc(NC3CCCCC3N=C(N)N)c3cc(C)ccc3n2)cc1. The van der Waals surface area contributed by atoms with Crippen LogP contribution in [0.3, 0.4) is 0 Å². The number of carbonyl (C=O) groups is 1. The van der Waals surface area contributed by atoms with Crippen molar-refractivity contribution >= 4 is 34.5 Å². The molecule has 9 heteroatoms. The number of nitrogens with two attached hydrogens (primary N) is 2. The Labute approximate surface area is 211 Å². The van der Waals surface area contributed by atoms with Crippen molar-refractivity contribution in [3.05, 3.63) is 53.6 Å². The number of guanidine groups is 1. The van der Waals surface area contributed by atoms with E-state index in [9.17, 15) is 4.79 Å². The molecule has 1 fully saturated rings. The smallest absolute Gasteiger partial charge is 0.231 e. The molecule has 1 saturated carbocycles. The first kappa shape index (κ1) is 25.2. The summed E-state index contributed by atoms with van der Waals surface area (Å²) in [6.07, 6.45) is 5.92. The average molecular weight is 490 g/mol. The molecule has 1 aliphatic carbocycles. The number of anilines is 2. The van der Waals surface area contributed by atoms with Crippen LogP contribution in [0.5, 0.6) is 5.75 Å². The Balaban J connectivity index is 1.47. The first-order valence-corrected chi connectivity index (χ1v) is 12.5. The van der Waals surface area contributed by atoms with Gasteiger partial charge in [0.05, 0.1) is 24.7 Å². The lowest BCUT2D eigenvalue weighted by atomic mass is 9.90. The first-order valence-electron chi connectivity index (χ1n) is 12.5. The van der Waals surface area contributed by atoms with Crippen LogP contribution in [0.25, 0.3) is 10.9 Å². The van der Waals surface area contributed by atoms with Gasteiger partial charge in [0.15, 0.2) is 5.96 Å². The third-order valence-corrected chi connectivity index (χ3v) is 6.50. The maximum Gasteiger partial charge on any atom is 0.231 e. The molecule has 0 bridgehead atoms. The lowest BCUT2D eigenvalue weighted by molar-refractivity contribution is -0.116. The summed E-state index contributed by atoms with van der Waals surface area (Å²) in [5.41, 5.74) is 14.4. The number of aliphatic imine (C=N–C) groups is 1. The standard InChI is InChI=1S/C27H35N7O2/c1-17-10-15-21-20(16-17)25(30-22-7-3-4-8-23(22)31-26(28)29)34-27(32-21)33-24(35)9-5-6-18-11-13-19(36-2)14-12-18/h10-16,22-23H,3-9H2,1-2H3,(H4,28,29,31)(H2,30,32,33,34,35). The molecule has 2 unspecified atom stereocenters. The number of benzene rings is 2. The van der Waals surface area contributed by atoms with Crippen molar-refractivity contribution in [2.45, 2.75) is 64.0 Å². The van der Waals surface area contributed by atoms with Crippen molar-refractivity contribution in [3.8, 4) is 5.75 Å². The van der Waals surface area contributed by atoms with E-state index in [4.69, 9.17) is 21.2 Å². The number of fused-ring (bicyclic) bond motifs is 1. The number of rotatable bonds is 9. The molecule has 2 atom stereocenters. The van der Waals surface area contributed by atoms with Gasteiger partial charge < -0.3 is 21.5 Å². The maximum atomic E-state index is 12.7. The van der Waals surface area contributed by atoms with Gasteiger partial charge in [-0.05, 0) is 62.4 Å². The quantitative estimate of drug-likeness (QED) is 0.264. The zero-order valence-electron chi connectivity index (χ0n) is 21.0. The number of aromatic nitrogens is 2. The highest BCUT2D eigenvalue weighted by Gasteiger charge is 2.26. The molecule has 0 spiro atoms. The third-order valence-electron chi connectivity index (χ3n) is 6.50. The minimum atomic E-state index is -0.114. The van der Waals surface area contributed by atoms with Crippen LogP contribution in [0.2, 0.25) is 0 Å². The van der Waals surface area contributed by atoms with Gasteiger partial charge in [-0.1, -0.05) is 36.6 Å². The Bertz CT molecular complexity index is 1220. The van der Waals surface area contributed by atoms with E-state index >= 15 is 0 Å². The van der Waals surface area contributed by atoms with Crippen molar-refractivity contribution in [2.75, 3.05) is 17.7 Å². The number of nitrogens with one attached hydrogen (secondary N) is 2. The summed E-state index contributed by atoms with van der Waals surface area (Å²) in [5, 5.41) is 7.35. The van der Waals surface area contributed by atoms with Crippen LogP contribution in [0, 0.1) is 6.92 Å². The van der Waals surface area contributed by atoms with E-state index in [0.717, 1.165) is 66.3 Å². The Morgan fingerprint density at radius 3 is 2.64 bits per heavy atom. The Kier molecular flexibility index (Phi) is 8.20. The summed E-state index contributed by atoms with van der Waals surface area (Å²) in [6, 6.07) is 13.9. The van der Waals surface area contributed by atoms with Crippen LogP contribution in [0.1, 0.15) is 49.7 Å². The average Bonchev–Trinajstić information content (AvgIpc) is 2.86. The van der Waals surface area contributed by atoms with E-state index in [1.54, 1.807) is 7.11 Å². The highest BCUT2D eigenvalue weighted by molar-refractivity contribution is 5.94. The van der Waals surface area contributed by atoms with Crippen LogP contribution in [0.15, 0.2) is 47.5 Å². The van der Waals surface area contributed by atoms with Crippen molar-refractivity contribution in [1.82, 2.24) is 9.97 Å². The number of aryl methyl sites for hydroxylation is 2. The van der Waals surface area contributed by atoms with Gasteiger partial charge in [0, 0.05) is 11.8 Å². The van der Waals surface area contributed by atoms with E-state index in [1.807, 2.05) is 43.3 Å². The van der Waals surface area contributed by atoms with E-state index in [2.05, 4.69) is 26.7 Å². The topological polar surface area (TPSA) is 141 Å². The van der Waals surface area contributed by atoms with Gasteiger partial charge >= 0.3 is 0 Å². The number of carbonyl (C=O) groups excluding carboxylic acids is 1. The van der Waals surface area contributed by atoms with Gasteiger partial charge in [-0.3, -0.25) is 10.1 Å². The van der Waals surface area contributed by atoms with Crippen LogP contribution < -0.4 is 26.8 Å². The monoisotopic (exact) mass is 489 g/mol. The summed E-state index contributed by atoms with van der Waals surface area (Å²) in [6.45, 7) is 2.03. The van der Waals surface area contributed by atoms with Gasteiger partial charge in [0.2, 0.25) is 11.9 Å². The van der Waals surface area contributed by atoms with Gasteiger partial charge in [-0.15, -0.1) is 0 Å². The highest BCUT2D eigenvalue weighted by Crippen LogP contribution is 2.29. The number of nitrogens with zero attached hydrogens (tertiary/aromatic N) is 3. The molecule has 1 heterocycles. The van der Waals surface area contributed by atoms with Crippen LogP contribution in [0.4, 0.5) is 11.8 Å². The maximum absolute atomic E-state index is 12.7. The second kappa shape index (κ2) is 11.7. The molecule has 1 amide bonds. The molecule has 6 N–H and O–H groups in total. The Morgan fingerprint density at radius 2 is 1.89 bits per heavy atom. The third kappa shape index (κ3) is 6.62. The normalized spacial score (nSPS) is 17.4. The fourth-order valence-corrected chi connectivity index (χ4v) is 4.64. The molecule has 0 saturated heterocycles. The molecule has 2 aromatic carbocycles. The summed E-state index contributed by atoms with van der Waals surface area (Å²) in [5.74, 6) is 1.77. The zero-order valence-corrected chi connectivity index (χ0v) is 21.0. The fraction of sp³-hybridized carbons (Fsp3) is 0.407. The van der Waals surface area contributed by atoms with Gasteiger partial charge in [0.1, 0.15) is 11.6 Å². The molecular weight excluding hydrogens is 454 g/mol.